The summed E-state index contributed by atoms with van der Waals surface area (Å²) in [7, 11) is -2.61. The van der Waals surface area contributed by atoms with E-state index in [-0.39, 0.29) is 28.8 Å². The summed E-state index contributed by atoms with van der Waals surface area (Å²) in [5, 5.41) is 0.849. The lowest BCUT2D eigenvalue weighted by atomic mass is 10.2. The molecule has 0 aliphatic heterocycles. The van der Waals surface area contributed by atoms with Gasteiger partial charge in [-0.25, -0.2) is 17.9 Å². The van der Waals surface area contributed by atoms with E-state index in [2.05, 4.69) is 9.46 Å². The maximum Gasteiger partial charge on any atom is 0.343 e. The predicted molar refractivity (Wildman–Crippen MR) is 99.5 cm³/mol. The highest BCUT2D eigenvalue weighted by atomic mass is 35.5. The van der Waals surface area contributed by atoms with Gasteiger partial charge in [-0.3, -0.25) is 0 Å². The Labute approximate surface area is 166 Å². The second-order valence-electron chi connectivity index (χ2n) is 5.02. The normalized spacial score (nSPS) is 11.2. The number of rotatable bonds is 7. The predicted octanol–water partition coefficient (Wildman–Crippen LogP) is 3.68. The Morgan fingerprint density at radius 1 is 1.08 bits per heavy atom. The van der Waals surface area contributed by atoms with Crippen LogP contribution < -0.4 is 9.46 Å². The number of hydrogen-bond donors (Lipinski definition) is 1. The van der Waals surface area contributed by atoms with Crippen LogP contribution in [-0.2, 0) is 26.1 Å². The van der Waals surface area contributed by atoms with Crippen molar-refractivity contribution in [1.82, 2.24) is 4.72 Å². The lowest BCUT2D eigenvalue weighted by molar-refractivity contribution is -0.142. The van der Waals surface area contributed by atoms with Gasteiger partial charge in [-0.1, -0.05) is 40.9 Å². The summed E-state index contributed by atoms with van der Waals surface area (Å²) in [6.45, 7) is -0.355. The molecule has 10 heteroatoms. The molecule has 0 amide bonds. The quantitative estimate of drug-likeness (QED) is 0.667. The zero-order chi connectivity index (χ0) is 19.3. The van der Waals surface area contributed by atoms with E-state index in [1.807, 2.05) is 0 Å². The first kappa shape index (κ1) is 20.8. The molecule has 2 aromatic rings. The molecule has 0 fully saturated rings. The molecule has 2 aromatic carbocycles. The molecule has 0 radical (unpaired) electrons. The SMILES string of the molecule is COC(=O)COc1ccc(S(=O)(=O)NCc2ccc(Cl)cc2Cl)cc1Cl. The van der Waals surface area contributed by atoms with Crippen LogP contribution in [0.5, 0.6) is 5.75 Å². The van der Waals surface area contributed by atoms with Gasteiger partial charge in [0.15, 0.2) is 6.61 Å². The van der Waals surface area contributed by atoms with Crippen molar-refractivity contribution in [3.05, 3.63) is 57.0 Å². The van der Waals surface area contributed by atoms with Crippen LogP contribution in [0, 0.1) is 0 Å². The molecule has 0 aliphatic carbocycles. The van der Waals surface area contributed by atoms with Crippen molar-refractivity contribution in [1.29, 1.82) is 0 Å². The van der Waals surface area contributed by atoms with Crippen molar-refractivity contribution in [2.75, 3.05) is 13.7 Å². The van der Waals surface area contributed by atoms with E-state index in [1.165, 1.54) is 31.4 Å². The molecule has 6 nitrogen and oxygen atoms in total. The Bertz CT molecular complexity index is 918. The van der Waals surface area contributed by atoms with Crippen molar-refractivity contribution in [3.8, 4) is 5.75 Å². The van der Waals surface area contributed by atoms with E-state index >= 15 is 0 Å². The van der Waals surface area contributed by atoms with Gasteiger partial charge in [-0.15, -0.1) is 0 Å². The Kier molecular flexibility index (Phi) is 7.14. The lowest BCUT2D eigenvalue weighted by Crippen LogP contribution is -2.23. The van der Waals surface area contributed by atoms with E-state index in [1.54, 1.807) is 12.1 Å². The summed E-state index contributed by atoms with van der Waals surface area (Å²) in [5.74, 6) is -0.420. The van der Waals surface area contributed by atoms with Crippen LogP contribution in [0.4, 0.5) is 0 Å². The smallest absolute Gasteiger partial charge is 0.343 e. The molecule has 0 aromatic heterocycles. The van der Waals surface area contributed by atoms with Gasteiger partial charge in [0, 0.05) is 16.6 Å². The molecular weight excluding hydrogens is 425 g/mol. The lowest BCUT2D eigenvalue weighted by Gasteiger charge is -2.11. The molecule has 0 aliphatic rings. The standard InChI is InChI=1S/C16H14Cl3NO5S/c1-24-16(21)9-25-15-5-4-12(7-14(15)19)26(22,23)20-8-10-2-3-11(17)6-13(10)18/h2-7,20H,8-9H2,1H3. The van der Waals surface area contributed by atoms with Crippen molar-refractivity contribution in [2.24, 2.45) is 0 Å². The van der Waals surface area contributed by atoms with E-state index in [4.69, 9.17) is 39.5 Å². The number of ether oxygens (including phenoxy) is 2. The van der Waals surface area contributed by atoms with Crippen LogP contribution in [0.15, 0.2) is 41.3 Å². The third kappa shape index (κ3) is 5.49. The van der Waals surface area contributed by atoms with Crippen LogP contribution in [0.3, 0.4) is 0 Å². The van der Waals surface area contributed by atoms with Gasteiger partial charge in [0.05, 0.1) is 17.0 Å². The fourth-order valence-corrected chi connectivity index (χ4v) is 3.69. The molecule has 0 saturated heterocycles. The molecular formula is C16H14Cl3NO5S. The highest BCUT2D eigenvalue weighted by molar-refractivity contribution is 7.89. The van der Waals surface area contributed by atoms with Crippen LogP contribution in [0.2, 0.25) is 15.1 Å². The fraction of sp³-hybridized carbons (Fsp3) is 0.188. The Morgan fingerprint density at radius 2 is 1.81 bits per heavy atom. The minimum absolute atomic E-state index is 0.0173. The first-order valence-electron chi connectivity index (χ1n) is 7.15. The van der Waals surface area contributed by atoms with Crippen molar-refractivity contribution in [2.45, 2.75) is 11.4 Å². The number of halogens is 3. The van der Waals surface area contributed by atoms with Gasteiger partial charge >= 0.3 is 5.97 Å². The minimum atomic E-state index is -3.83. The highest BCUT2D eigenvalue weighted by Gasteiger charge is 2.17. The zero-order valence-corrected chi connectivity index (χ0v) is 16.5. The second kappa shape index (κ2) is 8.92. The number of carbonyl (C=O) groups excluding carboxylic acids is 1. The summed E-state index contributed by atoms with van der Waals surface area (Å²) in [4.78, 5) is 11.0. The maximum absolute atomic E-state index is 12.4. The molecule has 0 unspecified atom stereocenters. The highest BCUT2D eigenvalue weighted by Crippen LogP contribution is 2.28. The number of carbonyl (C=O) groups is 1. The average Bonchev–Trinajstić information content (AvgIpc) is 2.59. The Morgan fingerprint density at radius 3 is 2.42 bits per heavy atom. The molecule has 2 rings (SSSR count). The van der Waals surface area contributed by atoms with Gasteiger partial charge in [0.25, 0.3) is 0 Å². The Hall–Kier alpha value is -1.51. The molecule has 0 atom stereocenters. The first-order chi connectivity index (χ1) is 12.2. The molecule has 0 spiro atoms. The molecule has 26 heavy (non-hydrogen) atoms. The number of sulfonamides is 1. The number of nitrogens with one attached hydrogen (secondary N) is 1. The van der Waals surface area contributed by atoms with Crippen molar-refractivity contribution >= 4 is 50.8 Å². The van der Waals surface area contributed by atoms with E-state index in [9.17, 15) is 13.2 Å². The van der Waals surface area contributed by atoms with E-state index < -0.39 is 16.0 Å². The first-order valence-corrected chi connectivity index (χ1v) is 9.77. The van der Waals surface area contributed by atoms with Crippen LogP contribution in [0.25, 0.3) is 0 Å². The molecule has 0 heterocycles. The largest absolute Gasteiger partial charge is 0.480 e. The van der Waals surface area contributed by atoms with Gasteiger partial charge in [0.1, 0.15) is 5.75 Å². The van der Waals surface area contributed by atoms with Gasteiger partial charge in [-0.2, -0.15) is 0 Å². The van der Waals surface area contributed by atoms with E-state index in [0.29, 0.717) is 15.6 Å². The fourth-order valence-electron chi connectivity index (χ4n) is 1.88. The van der Waals surface area contributed by atoms with Crippen LogP contribution >= 0.6 is 34.8 Å². The van der Waals surface area contributed by atoms with Gasteiger partial charge < -0.3 is 9.47 Å². The van der Waals surface area contributed by atoms with Crippen molar-refractivity contribution in [3.63, 3.8) is 0 Å². The number of methoxy groups -OCH3 is 1. The Balaban J connectivity index is 2.10. The zero-order valence-electron chi connectivity index (χ0n) is 13.5. The number of hydrogen-bond acceptors (Lipinski definition) is 5. The summed E-state index contributed by atoms with van der Waals surface area (Å²) >= 11 is 17.9. The van der Waals surface area contributed by atoms with Gasteiger partial charge in [0.2, 0.25) is 10.0 Å². The molecule has 140 valence electrons. The topological polar surface area (TPSA) is 81.7 Å². The molecule has 0 bridgehead atoms. The summed E-state index contributed by atoms with van der Waals surface area (Å²) in [6.07, 6.45) is 0. The second-order valence-corrected chi connectivity index (χ2v) is 8.04. The maximum atomic E-state index is 12.4. The number of esters is 1. The average molecular weight is 439 g/mol. The van der Waals surface area contributed by atoms with Gasteiger partial charge in [-0.05, 0) is 35.9 Å². The van der Waals surface area contributed by atoms with Crippen LogP contribution in [-0.4, -0.2) is 28.1 Å². The summed E-state index contributed by atoms with van der Waals surface area (Å²) < 4.78 is 36.9. The van der Waals surface area contributed by atoms with Crippen molar-refractivity contribution < 1.29 is 22.7 Å². The number of benzene rings is 2. The summed E-state index contributed by atoms with van der Waals surface area (Å²) in [6, 6.07) is 8.65. The summed E-state index contributed by atoms with van der Waals surface area (Å²) in [5.41, 5.74) is 0.573. The molecule has 0 saturated carbocycles. The monoisotopic (exact) mass is 437 g/mol. The third-order valence-corrected chi connectivity index (χ3v) is 5.54. The van der Waals surface area contributed by atoms with E-state index in [0.717, 1.165) is 0 Å². The minimum Gasteiger partial charge on any atom is -0.480 e. The third-order valence-electron chi connectivity index (χ3n) is 3.25. The molecule has 1 N–H and O–H groups in total. The van der Waals surface area contributed by atoms with Crippen LogP contribution in [0.1, 0.15) is 5.56 Å².